The molecule has 1 atom stereocenters. The number of carbonyl (C=O) groups is 1. The summed E-state index contributed by atoms with van der Waals surface area (Å²) in [5, 5.41) is 3.95. The first-order valence-electron chi connectivity index (χ1n) is 6.17. The molecule has 0 saturated heterocycles. The molecule has 0 aliphatic rings. The van der Waals surface area contributed by atoms with Crippen LogP contribution in [0.15, 0.2) is 22.7 Å². The van der Waals surface area contributed by atoms with Crippen molar-refractivity contribution in [2.45, 2.75) is 32.2 Å². The molecule has 1 amide bonds. The summed E-state index contributed by atoms with van der Waals surface area (Å²) < 4.78 is 6.14. The van der Waals surface area contributed by atoms with Crippen LogP contribution < -0.4 is 10.1 Å². The largest absolute Gasteiger partial charge is 0.496 e. The highest BCUT2D eigenvalue weighted by molar-refractivity contribution is 9.10. The Labute approximate surface area is 131 Å². The molecule has 1 aromatic carbocycles. The van der Waals surface area contributed by atoms with E-state index in [0.29, 0.717) is 11.3 Å². The van der Waals surface area contributed by atoms with Crippen LogP contribution >= 0.6 is 31.9 Å². The first-order chi connectivity index (χ1) is 8.95. The molecule has 0 radical (unpaired) electrons. The van der Waals surface area contributed by atoms with Gasteiger partial charge in [0, 0.05) is 15.3 Å². The van der Waals surface area contributed by atoms with Gasteiger partial charge in [0.2, 0.25) is 0 Å². The van der Waals surface area contributed by atoms with Crippen LogP contribution in [0.25, 0.3) is 0 Å². The fourth-order valence-electron chi connectivity index (χ4n) is 1.73. The Morgan fingerprint density at radius 2 is 2.16 bits per heavy atom. The smallest absolute Gasteiger partial charge is 0.255 e. The Morgan fingerprint density at radius 1 is 1.47 bits per heavy atom. The number of hydrogen-bond donors (Lipinski definition) is 1. The molecule has 1 rings (SSSR count). The number of rotatable bonds is 6. The summed E-state index contributed by atoms with van der Waals surface area (Å²) in [5.74, 6) is 0.471. The monoisotopic (exact) mass is 391 g/mol. The molecule has 3 nitrogen and oxygen atoms in total. The van der Waals surface area contributed by atoms with Crippen LogP contribution in [0.3, 0.4) is 0 Å². The fraction of sp³-hybridized carbons (Fsp3) is 0.500. The predicted octanol–water partition coefficient (Wildman–Crippen LogP) is 4.14. The Kier molecular flexibility index (Phi) is 6.33. The Bertz CT molecular complexity index is 451. The molecule has 0 saturated carbocycles. The lowest BCUT2D eigenvalue weighted by atomic mass is 9.95. The number of amides is 1. The molecule has 0 fully saturated rings. The third-order valence-electron chi connectivity index (χ3n) is 3.25. The zero-order chi connectivity index (χ0) is 14.5. The van der Waals surface area contributed by atoms with Crippen LogP contribution in [0.5, 0.6) is 5.75 Å². The first-order valence-corrected chi connectivity index (χ1v) is 8.09. The van der Waals surface area contributed by atoms with Crippen molar-refractivity contribution in [2.24, 2.45) is 0 Å². The van der Waals surface area contributed by atoms with Crippen molar-refractivity contribution in [3.05, 3.63) is 28.2 Å². The number of carbonyl (C=O) groups excluding carboxylic acids is 1. The van der Waals surface area contributed by atoms with E-state index in [0.717, 1.165) is 22.6 Å². The van der Waals surface area contributed by atoms with Crippen molar-refractivity contribution in [2.75, 3.05) is 12.4 Å². The van der Waals surface area contributed by atoms with E-state index in [4.69, 9.17) is 4.74 Å². The summed E-state index contributed by atoms with van der Waals surface area (Å²) in [5.41, 5.74) is 0.346. The Morgan fingerprint density at radius 3 is 2.68 bits per heavy atom. The average molecular weight is 393 g/mol. The van der Waals surface area contributed by atoms with Crippen LogP contribution in [0.2, 0.25) is 0 Å². The molecule has 0 heterocycles. The molecule has 1 unspecified atom stereocenters. The summed E-state index contributed by atoms with van der Waals surface area (Å²) >= 11 is 6.80. The summed E-state index contributed by atoms with van der Waals surface area (Å²) in [6.07, 6.45) is 1.76. The van der Waals surface area contributed by atoms with E-state index >= 15 is 0 Å². The maximum atomic E-state index is 12.4. The van der Waals surface area contributed by atoms with Crippen molar-refractivity contribution in [3.8, 4) is 5.75 Å². The van der Waals surface area contributed by atoms with E-state index in [9.17, 15) is 4.79 Å². The van der Waals surface area contributed by atoms with Gasteiger partial charge in [-0.05, 0) is 38.0 Å². The second-order valence-electron chi connectivity index (χ2n) is 4.65. The van der Waals surface area contributed by atoms with Crippen LogP contribution in [0.1, 0.15) is 37.0 Å². The van der Waals surface area contributed by atoms with E-state index in [-0.39, 0.29) is 11.4 Å². The normalized spacial score (nSPS) is 13.7. The molecular formula is C14H19Br2NO2. The van der Waals surface area contributed by atoms with Gasteiger partial charge in [-0.1, -0.05) is 38.8 Å². The molecule has 0 aliphatic heterocycles. The van der Waals surface area contributed by atoms with Gasteiger partial charge in [-0.25, -0.2) is 0 Å². The van der Waals surface area contributed by atoms with Gasteiger partial charge >= 0.3 is 0 Å². The molecular weight excluding hydrogens is 374 g/mol. The van der Waals surface area contributed by atoms with Crippen molar-refractivity contribution in [1.82, 2.24) is 5.32 Å². The third kappa shape index (κ3) is 4.49. The van der Waals surface area contributed by atoms with Crippen LogP contribution in [-0.2, 0) is 0 Å². The van der Waals surface area contributed by atoms with Gasteiger partial charge in [0.1, 0.15) is 5.75 Å². The summed E-state index contributed by atoms with van der Waals surface area (Å²) in [6.45, 7) is 4.12. The van der Waals surface area contributed by atoms with Crippen LogP contribution in [0, 0.1) is 0 Å². The van der Waals surface area contributed by atoms with Crippen molar-refractivity contribution in [3.63, 3.8) is 0 Å². The number of nitrogens with one attached hydrogen (secondary N) is 1. The van der Waals surface area contributed by atoms with Crippen LogP contribution in [0.4, 0.5) is 0 Å². The number of halogens is 2. The van der Waals surface area contributed by atoms with E-state index < -0.39 is 0 Å². The number of hydrogen-bond acceptors (Lipinski definition) is 2. The lowest BCUT2D eigenvalue weighted by molar-refractivity contribution is 0.0898. The van der Waals surface area contributed by atoms with Gasteiger partial charge < -0.3 is 10.1 Å². The third-order valence-corrected chi connectivity index (χ3v) is 4.14. The highest BCUT2D eigenvalue weighted by atomic mass is 79.9. The highest BCUT2D eigenvalue weighted by Crippen LogP contribution is 2.25. The van der Waals surface area contributed by atoms with Gasteiger partial charge in [-0.3, -0.25) is 4.79 Å². The van der Waals surface area contributed by atoms with E-state index in [1.807, 2.05) is 6.07 Å². The summed E-state index contributed by atoms with van der Waals surface area (Å²) in [6, 6.07) is 5.40. The molecule has 0 aliphatic carbocycles. The van der Waals surface area contributed by atoms with Gasteiger partial charge in [0.15, 0.2) is 0 Å². The minimum atomic E-state index is -0.210. The Hall–Kier alpha value is -0.550. The van der Waals surface area contributed by atoms with Gasteiger partial charge in [-0.15, -0.1) is 0 Å². The number of benzene rings is 1. The Balaban J connectivity index is 2.94. The van der Waals surface area contributed by atoms with E-state index in [1.165, 1.54) is 0 Å². The second-order valence-corrected chi connectivity index (χ2v) is 6.36. The minimum absolute atomic E-state index is 0.102. The maximum absolute atomic E-state index is 12.4. The van der Waals surface area contributed by atoms with E-state index in [1.54, 1.807) is 19.2 Å². The van der Waals surface area contributed by atoms with Crippen molar-refractivity contribution >= 4 is 37.8 Å². The molecule has 19 heavy (non-hydrogen) atoms. The number of methoxy groups -OCH3 is 1. The topological polar surface area (TPSA) is 38.3 Å². The molecule has 0 aromatic heterocycles. The minimum Gasteiger partial charge on any atom is -0.496 e. The first kappa shape index (κ1) is 16.5. The molecule has 1 N–H and O–H groups in total. The summed E-state index contributed by atoms with van der Waals surface area (Å²) in [4.78, 5) is 12.4. The standard InChI is InChI=1S/C14H19Br2NO2/c1-4-14(2,7-8-15)17-13(18)11-6-5-10(16)9-12(11)19-3/h5-6,9H,4,7-8H2,1-3H3,(H,17,18). The van der Waals surface area contributed by atoms with Crippen LogP contribution in [-0.4, -0.2) is 23.9 Å². The molecule has 0 spiro atoms. The number of ether oxygens (including phenoxy) is 1. The lowest BCUT2D eigenvalue weighted by Crippen LogP contribution is -2.45. The zero-order valence-electron chi connectivity index (χ0n) is 11.4. The second kappa shape index (κ2) is 7.29. The molecule has 1 aromatic rings. The molecule has 5 heteroatoms. The summed E-state index contributed by atoms with van der Waals surface area (Å²) in [7, 11) is 1.57. The quantitative estimate of drug-likeness (QED) is 0.738. The van der Waals surface area contributed by atoms with Gasteiger partial charge in [0.05, 0.1) is 12.7 Å². The fourth-order valence-corrected chi connectivity index (χ4v) is 2.95. The van der Waals surface area contributed by atoms with Gasteiger partial charge in [-0.2, -0.15) is 0 Å². The zero-order valence-corrected chi connectivity index (χ0v) is 14.6. The number of alkyl halides is 1. The predicted molar refractivity (Wildman–Crippen MR) is 85.3 cm³/mol. The SMILES string of the molecule is CCC(C)(CCBr)NC(=O)c1ccc(Br)cc1OC. The molecule has 106 valence electrons. The van der Waals surface area contributed by atoms with E-state index in [2.05, 4.69) is 51.0 Å². The molecule has 0 bridgehead atoms. The van der Waals surface area contributed by atoms with Crippen molar-refractivity contribution in [1.29, 1.82) is 0 Å². The highest BCUT2D eigenvalue weighted by Gasteiger charge is 2.25. The maximum Gasteiger partial charge on any atom is 0.255 e. The van der Waals surface area contributed by atoms with Gasteiger partial charge in [0.25, 0.3) is 5.91 Å². The average Bonchev–Trinajstić information content (AvgIpc) is 2.38. The lowest BCUT2D eigenvalue weighted by Gasteiger charge is -2.29. The van der Waals surface area contributed by atoms with Crippen molar-refractivity contribution < 1.29 is 9.53 Å².